The Labute approximate surface area is 173 Å². The summed E-state index contributed by atoms with van der Waals surface area (Å²) >= 11 is 0. The summed E-state index contributed by atoms with van der Waals surface area (Å²) < 4.78 is 11.5. The van der Waals surface area contributed by atoms with Crippen LogP contribution >= 0.6 is 0 Å². The number of hydrogen-bond acceptors (Lipinski definition) is 4. The molecule has 2 saturated heterocycles. The quantitative estimate of drug-likeness (QED) is 0.736. The largest absolute Gasteiger partial charge is 0.490 e. The third-order valence-electron chi connectivity index (χ3n) is 6.31. The molecule has 1 atom stereocenters. The first-order chi connectivity index (χ1) is 14.2. The molecule has 1 aromatic rings. The van der Waals surface area contributed by atoms with Gasteiger partial charge in [0.2, 0.25) is 5.91 Å². The number of likely N-dealkylation sites (tertiary alicyclic amines) is 2. The Bertz CT molecular complexity index is 723. The van der Waals surface area contributed by atoms with Gasteiger partial charge in [0.1, 0.15) is 11.9 Å². The van der Waals surface area contributed by atoms with Crippen molar-refractivity contribution in [2.24, 2.45) is 5.92 Å². The molecule has 0 aromatic heterocycles. The second-order valence-corrected chi connectivity index (χ2v) is 8.55. The average molecular weight is 401 g/mol. The van der Waals surface area contributed by atoms with Crippen molar-refractivity contribution in [1.82, 2.24) is 9.80 Å². The Kier molecular flexibility index (Phi) is 6.38. The van der Waals surface area contributed by atoms with Crippen molar-refractivity contribution >= 4 is 11.8 Å². The summed E-state index contributed by atoms with van der Waals surface area (Å²) in [7, 11) is 1.69. The van der Waals surface area contributed by atoms with Crippen LogP contribution in [0.1, 0.15) is 55.3 Å². The summed E-state index contributed by atoms with van der Waals surface area (Å²) in [5.41, 5.74) is 0.673. The van der Waals surface area contributed by atoms with E-state index in [0.717, 1.165) is 70.3 Å². The maximum absolute atomic E-state index is 13.1. The van der Waals surface area contributed by atoms with Gasteiger partial charge in [-0.05, 0) is 50.3 Å². The lowest BCUT2D eigenvalue weighted by Crippen LogP contribution is -2.46. The zero-order chi connectivity index (χ0) is 20.2. The zero-order valence-electron chi connectivity index (χ0n) is 17.3. The van der Waals surface area contributed by atoms with Crippen LogP contribution in [0.15, 0.2) is 24.3 Å². The maximum atomic E-state index is 13.1. The third kappa shape index (κ3) is 4.92. The van der Waals surface area contributed by atoms with Crippen molar-refractivity contribution in [2.75, 3.05) is 33.4 Å². The molecule has 29 heavy (non-hydrogen) atoms. The highest BCUT2D eigenvalue weighted by Gasteiger charge is 2.35. The number of piperidine rings is 2. The molecule has 3 aliphatic rings. The van der Waals surface area contributed by atoms with E-state index in [9.17, 15) is 9.59 Å². The molecule has 0 unspecified atom stereocenters. The highest BCUT2D eigenvalue weighted by atomic mass is 16.5. The van der Waals surface area contributed by atoms with Gasteiger partial charge in [0.05, 0.1) is 12.6 Å². The highest BCUT2D eigenvalue weighted by molar-refractivity contribution is 5.95. The molecule has 2 heterocycles. The van der Waals surface area contributed by atoms with E-state index in [0.29, 0.717) is 18.1 Å². The fourth-order valence-corrected chi connectivity index (χ4v) is 4.48. The number of rotatable bonds is 6. The van der Waals surface area contributed by atoms with Gasteiger partial charge >= 0.3 is 0 Å². The normalized spacial score (nSPS) is 23.1. The molecule has 0 bridgehead atoms. The fraction of sp³-hybridized carbons (Fsp3) is 0.652. The van der Waals surface area contributed by atoms with Crippen molar-refractivity contribution < 1.29 is 19.1 Å². The van der Waals surface area contributed by atoms with Gasteiger partial charge < -0.3 is 19.3 Å². The van der Waals surface area contributed by atoms with Gasteiger partial charge in [-0.15, -0.1) is 0 Å². The summed E-state index contributed by atoms with van der Waals surface area (Å²) in [4.78, 5) is 29.2. The van der Waals surface area contributed by atoms with Crippen LogP contribution < -0.4 is 4.74 Å². The summed E-state index contributed by atoms with van der Waals surface area (Å²) in [5, 5.41) is 0. The van der Waals surface area contributed by atoms with Gasteiger partial charge in [-0.1, -0.05) is 6.07 Å². The van der Waals surface area contributed by atoms with Crippen LogP contribution in [0.4, 0.5) is 0 Å². The van der Waals surface area contributed by atoms with Gasteiger partial charge in [0, 0.05) is 51.1 Å². The van der Waals surface area contributed by atoms with E-state index in [4.69, 9.17) is 9.47 Å². The molecule has 0 N–H and O–H groups in total. The van der Waals surface area contributed by atoms with Crippen molar-refractivity contribution in [1.29, 1.82) is 0 Å². The van der Waals surface area contributed by atoms with Gasteiger partial charge in [0.15, 0.2) is 0 Å². The molecule has 3 fully saturated rings. The molecule has 4 rings (SSSR count). The Morgan fingerprint density at radius 3 is 2.55 bits per heavy atom. The number of carbonyl (C=O) groups is 2. The summed E-state index contributed by atoms with van der Waals surface area (Å²) in [5.74, 6) is 1.40. The molecule has 6 nitrogen and oxygen atoms in total. The van der Waals surface area contributed by atoms with Gasteiger partial charge in [-0.2, -0.15) is 0 Å². The van der Waals surface area contributed by atoms with E-state index in [2.05, 4.69) is 0 Å². The lowest BCUT2D eigenvalue weighted by atomic mass is 10.0. The first-order valence-corrected chi connectivity index (χ1v) is 11.0. The molecular formula is C23H32N2O4. The fourth-order valence-electron chi connectivity index (χ4n) is 4.48. The van der Waals surface area contributed by atoms with Gasteiger partial charge in [-0.3, -0.25) is 9.59 Å². The molecule has 0 radical (unpaired) electrons. The van der Waals surface area contributed by atoms with Crippen LogP contribution in [0.3, 0.4) is 0 Å². The molecule has 2 amide bonds. The second kappa shape index (κ2) is 9.16. The van der Waals surface area contributed by atoms with Crippen molar-refractivity contribution in [3.8, 4) is 5.75 Å². The molecule has 2 aliphatic heterocycles. The van der Waals surface area contributed by atoms with E-state index in [1.807, 2.05) is 34.1 Å². The lowest BCUT2D eigenvalue weighted by Gasteiger charge is -2.35. The number of methoxy groups -OCH3 is 1. The molecular weight excluding hydrogens is 368 g/mol. The first-order valence-electron chi connectivity index (χ1n) is 11.0. The minimum absolute atomic E-state index is 0.0575. The number of carbonyl (C=O) groups excluding carboxylic acids is 2. The number of hydrogen-bond donors (Lipinski definition) is 0. The monoisotopic (exact) mass is 400 g/mol. The van der Waals surface area contributed by atoms with E-state index in [-0.39, 0.29) is 24.0 Å². The standard InChI is InChI=1S/C23H32N2O4/c1-28-16-19-6-2-3-12-25(19)23(27)18-5-4-7-21(15-18)29-20-10-13-24(14-11-20)22(26)17-8-9-17/h4-5,7,15,17,19-20H,2-3,6,8-14,16H2,1H3/t19-/m0/s1. The second-order valence-electron chi connectivity index (χ2n) is 8.55. The molecule has 1 aromatic carbocycles. The van der Waals surface area contributed by atoms with E-state index < -0.39 is 0 Å². The Balaban J connectivity index is 1.35. The van der Waals surface area contributed by atoms with Crippen LogP contribution in [0.5, 0.6) is 5.75 Å². The summed E-state index contributed by atoms with van der Waals surface area (Å²) in [6, 6.07) is 7.69. The SMILES string of the molecule is COC[C@@H]1CCCCN1C(=O)c1cccc(OC2CCN(C(=O)C3CC3)CC2)c1. The Hall–Kier alpha value is -2.08. The highest BCUT2D eigenvalue weighted by Crippen LogP contribution is 2.32. The van der Waals surface area contributed by atoms with Crippen LogP contribution in [0.25, 0.3) is 0 Å². The number of benzene rings is 1. The number of nitrogens with zero attached hydrogens (tertiary/aromatic N) is 2. The molecule has 1 aliphatic carbocycles. The van der Waals surface area contributed by atoms with Crippen LogP contribution in [0, 0.1) is 5.92 Å². The van der Waals surface area contributed by atoms with E-state index in [1.54, 1.807) is 7.11 Å². The van der Waals surface area contributed by atoms with Gasteiger partial charge in [-0.25, -0.2) is 0 Å². The Morgan fingerprint density at radius 1 is 1.03 bits per heavy atom. The third-order valence-corrected chi connectivity index (χ3v) is 6.31. The van der Waals surface area contributed by atoms with E-state index >= 15 is 0 Å². The predicted octanol–water partition coefficient (Wildman–Crippen LogP) is 3.11. The zero-order valence-corrected chi connectivity index (χ0v) is 17.3. The van der Waals surface area contributed by atoms with Crippen LogP contribution in [-0.4, -0.2) is 67.1 Å². The maximum Gasteiger partial charge on any atom is 0.254 e. The number of ether oxygens (including phenoxy) is 2. The summed E-state index contributed by atoms with van der Waals surface area (Å²) in [6.45, 7) is 2.90. The van der Waals surface area contributed by atoms with Crippen LogP contribution in [-0.2, 0) is 9.53 Å². The summed E-state index contributed by atoms with van der Waals surface area (Å²) in [6.07, 6.45) is 7.07. The Morgan fingerprint density at radius 2 is 1.83 bits per heavy atom. The minimum Gasteiger partial charge on any atom is -0.490 e. The van der Waals surface area contributed by atoms with Crippen molar-refractivity contribution in [3.63, 3.8) is 0 Å². The topological polar surface area (TPSA) is 59.1 Å². The molecule has 6 heteroatoms. The van der Waals surface area contributed by atoms with Crippen LogP contribution in [0.2, 0.25) is 0 Å². The predicted molar refractivity (Wildman–Crippen MR) is 110 cm³/mol. The van der Waals surface area contributed by atoms with E-state index in [1.165, 1.54) is 0 Å². The smallest absolute Gasteiger partial charge is 0.254 e. The average Bonchev–Trinajstić information content (AvgIpc) is 3.60. The minimum atomic E-state index is 0.0575. The van der Waals surface area contributed by atoms with Crippen molar-refractivity contribution in [2.45, 2.75) is 57.1 Å². The first kappa shape index (κ1) is 20.2. The molecule has 158 valence electrons. The molecule has 0 spiro atoms. The molecule has 1 saturated carbocycles. The lowest BCUT2D eigenvalue weighted by molar-refractivity contribution is -0.134. The number of amides is 2. The van der Waals surface area contributed by atoms with Crippen molar-refractivity contribution in [3.05, 3.63) is 29.8 Å². The van der Waals surface area contributed by atoms with Gasteiger partial charge in [0.25, 0.3) is 5.91 Å².